The van der Waals surface area contributed by atoms with Gasteiger partial charge in [0.15, 0.2) is 5.82 Å². The van der Waals surface area contributed by atoms with Crippen LogP contribution in [0.25, 0.3) is 11.5 Å². The number of amides is 1. The standard InChI is InChI=1S/C22H23Cl2FN6O2/c1-13-11-29(17-10-18(33-3)15(23)9-16(17)25)7-8-30(13)19(32)12-31-14(2)20(24)21(28-31)22-26-5-4-6-27-22/h4-6,9-10,13H,7-8,11-12H2,1-3H3/t13-/m0/s1. The summed E-state index contributed by atoms with van der Waals surface area (Å²) >= 11 is 12.4. The lowest BCUT2D eigenvalue weighted by atomic mass is 10.1. The third-order valence-corrected chi connectivity index (χ3v) is 6.45. The van der Waals surface area contributed by atoms with Crippen LogP contribution in [0.15, 0.2) is 30.6 Å². The third-order valence-electron chi connectivity index (χ3n) is 5.71. The molecule has 2 aromatic heterocycles. The molecule has 11 heteroatoms. The monoisotopic (exact) mass is 492 g/mol. The molecule has 0 spiro atoms. The van der Waals surface area contributed by atoms with Gasteiger partial charge in [0.1, 0.15) is 23.8 Å². The largest absolute Gasteiger partial charge is 0.495 e. The zero-order valence-electron chi connectivity index (χ0n) is 18.4. The van der Waals surface area contributed by atoms with Gasteiger partial charge >= 0.3 is 0 Å². The van der Waals surface area contributed by atoms with Crippen LogP contribution in [-0.4, -0.2) is 63.3 Å². The first-order valence-corrected chi connectivity index (χ1v) is 11.1. The Hall–Kier alpha value is -2.91. The van der Waals surface area contributed by atoms with Crippen LogP contribution in [0, 0.1) is 12.7 Å². The number of nitrogens with zero attached hydrogens (tertiary/aromatic N) is 6. The third kappa shape index (κ3) is 4.60. The van der Waals surface area contributed by atoms with Crippen LogP contribution in [0.4, 0.5) is 10.1 Å². The quantitative estimate of drug-likeness (QED) is 0.538. The molecular weight excluding hydrogens is 470 g/mol. The van der Waals surface area contributed by atoms with Gasteiger partial charge in [0.25, 0.3) is 0 Å². The number of aromatic nitrogens is 4. The Bertz CT molecular complexity index is 1170. The van der Waals surface area contributed by atoms with E-state index in [1.54, 1.807) is 41.0 Å². The van der Waals surface area contributed by atoms with Crippen molar-refractivity contribution in [2.45, 2.75) is 26.4 Å². The molecule has 0 aliphatic carbocycles. The minimum absolute atomic E-state index is 0.0336. The number of rotatable bonds is 5. The van der Waals surface area contributed by atoms with Gasteiger partial charge < -0.3 is 14.5 Å². The van der Waals surface area contributed by atoms with Gasteiger partial charge in [-0.2, -0.15) is 5.10 Å². The fourth-order valence-corrected chi connectivity index (χ4v) is 4.37. The molecule has 174 valence electrons. The molecule has 0 bridgehead atoms. The second kappa shape index (κ2) is 9.52. The van der Waals surface area contributed by atoms with Gasteiger partial charge in [-0.05, 0) is 26.0 Å². The molecule has 3 heterocycles. The molecule has 1 aliphatic heterocycles. The number of piperazine rings is 1. The predicted molar refractivity (Wildman–Crippen MR) is 124 cm³/mol. The van der Waals surface area contributed by atoms with Crippen molar-refractivity contribution in [3.63, 3.8) is 0 Å². The molecular formula is C22H23Cl2FN6O2. The Morgan fingerprint density at radius 2 is 1.97 bits per heavy atom. The Morgan fingerprint density at radius 3 is 2.64 bits per heavy atom. The maximum Gasteiger partial charge on any atom is 0.244 e. The van der Waals surface area contributed by atoms with E-state index in [0.29, 0.717) is 53.3 Å². The summed E-state index contributed by atoms with van der Waals surface area (Å²) in [5, 5.41) is 5.10. The molecule has 1 atom stereocenters. The molecule has 3 aromatic rings. The molecule has 4 rings (SSSR count). The molecule has 1 aromatic carbocycles. The van der Waals surface area contributed by atoms with Crippen molar-refractivity contribution >= 4 is 34.8 Å². The SMILES string of the molecule is COc1cc(N2CCN(C(=O)Cn3nc(-c4ncccn4)c(Cl)c3C)[C@@H](C)C2)c(F)cc1Cl. The summed E-state index contributed by atoms with van der Waals surface area (Å²) in [5.74, 6) is 0.284. The van der Waals surface area contributed by atoms with Gasteiger partial charge in [0.2, 0.25) is 5.91 Å². The van der Waals surface area contributed by atoms with E-state index < -0.39 is 5.82 Å². The summed E-state index contributed by atoms with van der Waals surface area (Å²) < 4.78 is 21.3. The number of ether oxygens (including phenoxy) is 1. The molecule has 1 fully saturated rings. The van der Waals surface area contributed by atoms with Crippen LogP contribution in [-0.2, 0) is 11.3 Å². The summed E-state index contributed by atoms with van der Waals surface area (Å²) in [6.45, 7) is 5.14. The molecule has 0 saturated carbocycles. The summed E-state index contributed by atoms with van der Waals surface area (Å²) in [6.07, 6.45) is 3.22. The zero-order valence-corrected chi connectivity index (χ0v) is 19.9. The first-order chi connectivity index (χ1) is 15.8. The molecule has 0 N–H and O–H groups in total. The first-order valence-electron chi connectivity index (χ1n) is 10.4. The average molecular weight is 493 g/mol. The number of benzene rings is 1. The molecule has 1 aliphatic rings. The van der Waals surface area contributed by atoms with Crippen LogP contribution >= 0.6 is 23.2 Å². The van der Waals surface area contributed by atoms with Crippen molar-refractivity contribution in [3.8, 4) is 17.3 Å². The van der Waals surface area contributed by atoms with Crippen LogP contribution in [0.1, 0.15) is 12.6 Å². The molecule has 0 unspecified atom stereocenters. The number of halogens is 3. The van der Waals surface area contributed by atoms with E-state index >= 15 is 0 Å². The highest BCUT2D eigenvalue weighted by molar-refractivity contribution is 6.33. The number of methoxy groups -OCH3 is 1. The minimum Gasteiger partial charge on any atom is -0.495 e. The van der Waals surface area contributed by atoms with Crippen LogP contribution in [0.5, 0.6) is 5.75 Å². The summed E-state index contributed by atoms with van der Waals surface area (Å²) in [5.41, 5.74) is 1.50. The van der Waals surface area contributed by atoms with Gasteiger partial charge in [-0.3, -0.25) is 9.48 Å². The van der Waals surface area contributed by atoms with E-state index in [9.17, 15) is 9.18 Å². The lowest BCUT2D eigenvalue weighted by Gasteiger charge is -2.41. The van der Waals surface area contributed by atoms with E-state index in [2.05, 4.69) is 15.1 Å². The number of carbonyl (C=O) groups is 1. The summed E-state index contributed by atoms with van der Waals surface area (Å²) in [7, 11) is 1.49. The van der Waals surface area contributed by atoms with Gasteiger partial charge in [0, 0.05) is 44.1 Å². The average Bonchev–Trinajstić information content (AvgIpc) is 3.08. The molecule has 0 radical (unpaired) electrons. The van der Waals surface area contributed by atoms with Crippen LogP contribution in [0.2, 0.25) is 10.0 Å². The van der Waals surface area contributed by atoms with Gasteiger partial charge in [-0.15, -0.1) is 0 Å². The van der Waals surface area contributed by atoms with Crippen LogP contribution in [0.3, 0.4) is 0 Å². The van der Waals surface area contributed by atoms with Crippen molar-refractivity contribution in [2.75, 3.05) is 31.6 Å². The van der Waals surface area contributed by atoms with E-state index in [0.717, 1.165) is 0 Å². The van der Waals surface area contributed by atoms with Gasteiger partial charge in [0.05, 0.1) is 28.5 Å². The van der Waals surface area contributed by atoms with Gasteiger partial charge in [-0.1, -0.05) is 23.2 Å². The smallest absolute Gasteiger partial charge is 0.244 e. The molecule has 33 heavy (non-hydrogen) atoms. The van der Waals surface area contributed by atoms with E-state index in [-0.39, 0.29) is 23.5 Å². The van der Waals surface area contributed by atoms with Crippen molar-refractivity contribution < 1.29 is 13.9 Å². The number of carbonyl (C=O) groups excluding carboxylic acids is 1. The van der Waals surface area contributed by atoms with E-state index in [1.807, 2.05) is 11.8 Å². The second-order valence-corrected chi connectivity index (χ2v) is 8.58. The normalized spacial score (nSPS) is 16.2. The van der Waals surface area contributed by atoms with Gasteiger partial charge in [-0.25, -0.2) is 14.4 Å². The molecule has 1 saturated heterocycles. The summed E-state index contributed by atoms with van der Waals surface area (Å²) in [6, 6.07) is 4.40. The molecule has 8 nitrogen and oxygen atoms in total. The highest BCUT2D eigenvalue weighted by Crippen LogP contribution is 2.33. The maximum atomic E-state index is 14.5. The van der Waals surface area contributed by atoms with Crippen LogP contribution < -0.4 is 9.64 Å². The first kappa shape index (κ1) is 23.3. The minimum atomic E-state index is -0.426. The number of anilines is 1. The number of hydrogen-bond donors (Lipinski definition) is 0. The van der Waals surface area contributed by atoms with E-state index in [1.165, 1.54) is 13.2 Å². The second-order valence-electron chi connectivity index (χ2n) is 7.80. The molecule has 1 amide bonds. The van der Waals surface area contributed by atoms with E-state index in [4.69, 9.17) is 27.9 Å². The van der Waals surface area contributed by atoms with Crippen molar-refractivity contribution in [3.05, 3.63) is 52.1 Å². The highest BCUT2D eigenvalue weighted by atomic mass is 35.5. The van der Waals surface area contributed by atoms with Crippen molar-refractivity contribution in [1.82, 2.24) is 24.6 Å². The zero-order chi connectivity index (χ0) is 23.7. The topological polar surface area (TPSA) is 76.4 Å². The Labute approximate surface area is 200 Å². The summed E-state index contributed by atoms with van der Waals surface area (Å²) in [4.78, 5) is 25.1. The highest BCUT2D eigenvalue weighted by Gasteiger charge is 2.30. The van der Waals surface area contributed by atoms with Crippen molar-refractivity contribution in [2.24, 2.45) is 0 Å². The number of hydrogen-bond acceptors (Lipinski definition) is 6. The lowest BCUT2D eigenvalue weighted by Crippen LogP contribution is -2.55. The van der Waals surface area contributed by atoms with Crippen molar-refractivity contribution in [1.29, 1.82) is 0 Å². The Kier molecular flexibility index (Phi) is 6.71. The fraction of sp³-hybridized carbons (Fsp3) is 0.364. The Balaban J connectivity index is 1.47. The fourth-order valence-electron chi connectivity index (χ4n) is 3.93. The Morgan fingerprint density at radius 1 is 1.24 bits per heavy atom. The predicted octanol–water partition coefficient (Wildman–Crippen LogP) is 3.84. The maximum absolute atomic E-state index is 14.5. The lowest BCUT2D eigenvalue weighted by molar-refractivity contribution is -0.134.